The van der Waals surface area contributed by atoms with E-state index in [9.17, 15) is 18.3 Å². The number of nitrogens with zero attached hydrogens (tertiary/aromatic N) is 1. The van der Waals surface area contributed by atoms with E-state index in [1.165, 1.54) is 12.1 Å². The van der Waals surface area contributed by atoms with Gasteiger partial charge in [-0.25, -0.2) is 8.42 Å². The summed E-state index contributed by atoms with van der Waals surface area (Å²) in [6.45, 7) is 5.23. The highest BCUT2D eigenvalue weighted by atomic mass is 32.2. The number of aliphatic hydroxyl groups is 1. The Labute approximate surface area is 223 Å². The van der Waals surface area contributed by atoms with Crippen LogP contribution in [0, 0.1) is 0 Å². The molecule has 3 aromatic carbocycles. The standard InChI is InChI=1S/C29H34N4O4S/c1-29(2,15-17-33-16-14-21-18-23(28(35)30-3)12-13-26(21)33)31-20-27(34)22-8-7-9-24(19-22)32-38(36,37)25-10-5-4-6-11-25/h4-14,16,18-19,27,31-32,34H,15,17,20H2,1-3H3,(H,30,35)/t27-/m0/s1. The van der Waals surface area contributed by atoms with Crippen LogP contribution in [0.1, 0.15) is 42.3 Å². The smallest absolute Gasteiger partial charge is 0.261 e. The van der Waals surface area contributed by atoms with Crippen molar-refractivity contribution in [1.29, 1.82) is 0 Å². The number of aliphatic hydroxyl groups excluding tert-OH is 1. The van der Waals surface area contributed by atoms with E-state index in [-0.39, 0.29) is 16.3 Å². The van der Waals surface area contributed by atoms with Crippen molar-refractivity contribution in [2.75, 3.05) is 18.3 Å². The van der Waals surface area contributed by atoms with Crippen molar-refractivity contribution in [3.63, 3.8) is 0 Å². The largest absolute Gasteiger partial charge is 0.387 e. The van der Waals surface area contributed by atoms with E-state index >= 15 is 0 Å². The van der Waals surface area contributed by atoms with E-state index in [1.807, 2.05) is 30.5 Å². The Bertz CT molecular complexity index is 1510. The van der Waals surface area contributed by atoms with Gasteiger partial charge in [0.1, 0.15) is 0 Å². The zero-order chi connectivity index (χ0) is 27.3. The minimum absolute atomic E-state index is 0.109. The minimum atomic E-state index is -3.71. The Morgan fingerprint density at radius 3 is 2.50 bits per heavy atom. The highest BCUT2D eigenvalue weighted by Crippen LogP contribution is 2.23. The van der Waals surface area contributed by atoms with Gasteiger partial charge in [0.15, 0.2) is 0 Å². The number of aryl methyl sites for hydroxylation is 1. The van der Waals surface area contributed by atoms with Crippen LogP contribution in [0.25, 0.3) is 10.9 Å². The number of hydrogen-bond acceptors (Lipinski definition) is 5. The van der Waals surface area contributed by atoms with Crippen molar-refractivity contribution in [1.82, 2.24) is 15.2 Å². The monoisotopic (exact) mass is 534 g/mol. The van der Waals surface area contributed by atoms with Gasteiger partial charge in [0.25, 0.3) is 15.9 Å². The maximum Gasteiger partial charge on any atom is 0.261 e. The van der Waals surface area contributed by atoms with Crippen LogP contribution in [0.2, 0.25) is 0 Å². The molecule has 1 heterocycles. The number of aromatic nitrogens is 1. The molecule has 1 amide bonds. The molecule has 0 saturated carbocycles. The molecular formula is C29H34N4O4S. The van der Waals surface area contributed by atoms with E-state index in [2.05, 4.69) is 33.8 Å². The fraction of sp³-hybridized carbons (Fsp3) is 0.276. The van der Waals surface area contributed by atoms with Gasteiger partial charge in [0.05, 0.1) is 11.0 Å². The number of nitrogens with one attached hydrogen (secondary N) is 3. The summed E-state index contributed by atoms with van der Waals surface area (Å²) in [7, 11) is -2.09. The van der Waals surface area contributed by atoms with E-state index in [1.54, 1.807) is 49.5 Å². The molecule has 0 fully saturated rings. The molecule has 8 nitrogen and oxygen atoms in total. The fourth-order valence-electron chi connectivity index (χ4n) is 4.28. The molecule has 4 aromatic rings. The first kappa shape index (κ1) is 27.4. The number of hydrogen-bond donors (Lipinski definition) is 4. The average molecular weight is 535 g/mol. The van der Waals surface area contributed by atoms with Gasteiger partial charge in [-0.05, 0) is 74.4 Å². The maximum atomic E-state index is 12.6. The number of benzene rings is 3. The molecule has 1 aromatic heterocycles. The van der Waals surface area contributed by atoms with Gasteiger partial charge in [0.2, 0.25) is 0 Å². The van der Waals surface area contributed by atoms with Gasteiger partial charge in [-0.15, -0.1) is 0 Å². The van der Waals surface area contributed by atoms with E-state index < -0.39 is 16.1 Å². The second-order valence-corrected chi connectivity index (χ2v) is 11.6. The third-order valence-corrected chi connectivity index (χ3v) is 7.99. The van der Waals surface area contributed by atoms with Gasteiger partial charge in [-0.3, -0.25) is 9.52 Å². The second-order valence-electron chi connectivity index (χ2n) is 9.94. The fourth-order valence-corrected chi connectivity index (χ4v) is 5.35. The number of rotatable bonds is 11. The quantitative estimate of drug-likeness (QED) is 0.229. The van der Waals surface area contributed by atoms with Crippen LogP contribution < -0.4 is 15.4 Å². The normalized spacial score (nSPS) is 12.8. The van der Waals surface area contributed by atoms with Crippen molar-refractivity contribution < 1.29 is 18.3 Å². The van der Waals surface area contributed by atoms with E-state index in [0.29, 0.717) is 23.4 Å². The topological polar surface area (TPSA) is 112 Å². The molecule has 38 heavy (non-hydrogen) atoms. The van der Waals surface area contributed by atoms with Gasteiger partial charge in [-0.2, -0.15) is 0 Å². The molecule has 0 aliphatic rings. The third kappa shape index (κ3) is 6.61. The van der Waals surface area contributed by atoms with Crippen LogP contribution in [0.5, 0.6) is 0 Å². The first-order valence-corrected chi connectivity index (χ1v) is 14.0. The number of amides is 1. The van der Waals surface area contributed by atoms with E-state index in [4.69, 9.17) is 0 Å². The lowest BCUT2D eigenvalue weighted by molar-refractivity contribution is 0.0963. The van der Waals surface area contributed by atoms with Crippen LogP contribution in [0.4, 0.5) is 5.69 Å². The number of β-amino-alcohol motifs (C(OH)–C–C–N with tert-alkyl or cyclic N) is 1. The Hall–Kier alpha value is -3.66. The van der Waals surface area contributed by atoms with Gasteiger partial charge < -0.3 is 20.3 Å². The lowest BCUT2D eigenvalue weighted by Crippen LogP contribution is -2.42. The Morgan fingerprint density at radius 2 is 1.76 bits per heavy atom. The van der Waals surface area contributed by atoms with E-state index in [0.717, 1.165) is 23.9 Å². The summed E-state index contributed by atoms with van der Waals surface area (Å²) in [5.74, 6) is -0.109. The van der Waals surface area contributed by atoms with Crippen LogP contribution in [-0.2, 0) is 16.6 Å². The van der Waals surface area contributed by atoms with Crippen molar-refractivity contribution in [2.24, 2.45) is 0 Å². The summed E-state index contributed by atoms with van der Waals surface area (Å²) in [5, 5.41) is 17.9. The van der Waals surface area contributed by atoms with Crippen molar-refractivity contribution in [3.8, 4) is 0 Å². The highest BCUT2D eigenvalue weighted by molar-refractivity contribution is 7.92. The van der Waals surface area contributed by atoms with Gasteiger partial charge in [0, 0.05) is 54.0 Å². The molecule has 0 aliphatic heterocycles. The number of carbonyl (C=O) groups excluding carboxylic acids is 1. The van der Waals surface area contributed by atoms with Crippen LogP contribution in [0.3, 0.4) is 0 Å². The molecule has 0 radical (unpaired) electrons. The summed E-state index contributed by atoms with van der Waals surface area (Å²) in [5.41, 5.74) is 2.43. The molecule has 4 rings (SSSR count). The summed E-state index contributed by atoms with van der Waals surface area (Å²) in [6.07, 6.45) is 2.01. The molecule has 0 aliphatic carbocycles. The molecule has 9 heteroatoms. The van der Waals surface area contributed by atoms with Crippen molar-refractivity contribution in [2.45, 2.75) is 43.4 Å². The summed E-state index contributed by atoms with van der Waals surface area (Å²) in [6, 6.07) is 22.7. The molecule has 4 N–H and O–H groups in total. The zero-order valence-electron chi connectivity index (χ0n) is 21.8. The second kappa shape index (κ2) is 11.4. The first-order valence-electron chi connectivity index (χ1n) is 12.5. The lowest BCUT2D eigenvalue weighted by atomic mass is 9.99. The van der Waals surface area contributed by atoms with Crippen LogP contribution in [0.15, 0.2) is 90.0 Å². The molecule has 0 spiro atoms. The predicted octanol–water partition coefficient (Wildman–Crippen LogP) is 4.29. The predicted molar refractivity (Wildman–Crippen MR) is 151 cm³/mol. The van der Waals surface area contributed by atoms with Crippen LogP contribution >= 0.6 is 0 Å². The Morgan fingerprint density at radius 1 is 1.00 bits per heavy atom. The average Bonchev–Trinajstić information content (AvgIpc) is 3.33. The number of fused-ring (bicyclic) bond motifs is 1. The molecule has 0 unspecified atom stereocenters. The number of carbonyl (C=O) groups is 1. The zero-order valence-corrected chi connectivity index (χ0v) is 22.6. The summed E-state index contributed by atoms with van der Waals surface area (Å²) in [4.78, 5) is 12.1. The number of anilines is 1. The molecule has 0 saturated heterocycles. The molecular weight excluding hydrogens is 500 g/mol. The third-order valence-electron chi connectivity index (χ3n) is 6.59. The summed E-state index contributed by atoms with van der Waals surface area (Å²) >= 11 is 0. The highest BCUT2D eigenvalue weighted by Gasteiger charge is 2.20. The Balaban J connectivity index is 1.35. The molecule has 200 valence electrons. The minimum Gasteiger partial charge on any atom is -0.387 e. The SMILES string of the molecule is CNC(=O)c1ccc2c(ccn2CCC(C)(C)NC[C@H](O)c2cccc(NS(=O)(=O)c3ccccc3)c2)c1. The van der Waals surface area contributed by atoms with Gasteiger partial charge >= 0.3 is 0 Å². The lowest BCUT2D eigenvalue weighted by Gasteiger charge is -2.28. The maximum absolute atomic E-state index is 12.6. The Kier molecular flexibility index (Phi) is 8.20. The van der Waals surface area contributed by atoms with Crippen molar-refractivity contribution in [3.05, 3.63) is 96.2 Å². The van der Waals surface area contributed by atoms with Crippen LogP contribution in [-0.4, -0.2) is 43.1 Å². The van der Waals surface area contributed by atoms with Gasteiger partial charge in [-0.1, -0.05) is 30.3 Å². The summed E-state index contributed by atoms with van der Waals surface area (Å²) < 4.78 is 30.0. The van der Waals surface area contributed by atoms with Crippen molar-refractivity contribution >= 4 is 32.5 Å². The number of sulfonamides is 1. The molecule has 0 bridgehead atoms. The first-order chi connectivity index (χ1) is 18.1. The molecule has 1 atom stereocenters.